The molecule has 0 heteroatoms. The van der Waals surface area contributed by atoms with Crippen molar-refractivity contribution in [3.8, 4) is 11.1 Å². The molecule has 1 aliphatic carbocycles. The third-order valence-electron chi connectivity index (χ3n) is 5.60. The lowest BCUT2D eigenvalue weighted by Crippen LogP contribution is -2.09. The summed E-state index contributed by atoms with van der Waals surface area (Å²) in [6.07, 6.45) is 11.7. The van der Waals surface area contributed by atoms with Crippen LogP contribution in [0.25, 0.3) is 11.1 Å². The highest BCUT2D eigenvalue weighted by molar-refractivity contribution is 5.73. The first-order valence-corrected chi connectivity index (χ1v) is 9.96. The molecule has 0 heterocycles. The fourth-order valence-corrected chi connectivity index (χ4v) is 4.25. The molecule has 1 saturated carbocycles. The third-order valence-corrected chi connectivity index (χ3v) is 5.60. The van der Waals surface area contributed by atoms with Gasteiger partial charge in [-0.05, 0) is 71.9 Å². The maximum absolute atomic E-state index is 3.74. The monoisotopic (exact) mass is 319 g/mol. The lowest BCUT2D eigenvalue weighted by atomic mass is 9.77. The van der Waals surface area contributed by atoms with E-state index >= 15 is 0 Å². The van der Waals surface area contributed by atoms with Crippen molar-refractivity contribution in [1.82, 2.24) is 0 Å². The van der Waals surface area contributed by atoms with Gasteiger partial charge >= 0.3 is 0 Å². The number of benzene rings is 2. The molecule has 0 bridgehead atoms. The van der Waals surface area contributed by atoms with Gasteiger partial charge in [0.15, 0.2) is 0 Å². The summed E-state index contributed by atoms with van der Waals surface area (Å²) in [5.74, 6) is 0.709. The minimum absolute atomic E-state index is 0.709. The average molecular weight is 320 g/mol. The fourth-order valence-electron chi connectivity index (χ4n) is 4.25. The zero-order chi connectivity index (χ0) is 16.8. The molecule has 24 heavy (non-hydrogen) atoms. The van der Waals surface area contributed by atoms with Crippen molar-refractivity contribution in [1.29, 1.82) is 0 Å². The molecule has 1 aliphatic rings. The van der Waals surface area contributed by atoms with E-state index in [0.29, 0.717) is 5.92 Å². The lowest BCUT2D eigenvalue weighted by molar-refractivity contribution is 0.443. The molecule has 127 valence electrons. The fraction of sp³-hybridized carbons (Fsp3) is 0.500. The van der Waals surface area contributed by atoms with Crippen molar-refractivity contribution >= 4 is 0 Å². The van der Waals surface area contributed by atoms with E-state index in [1.54, 1.807) is 5.56 Å². The van der Waals surface area contributed by atoms with Gasteiger partial charge in [0.1, 0.15) is 0 Å². The molecule has 1 fully saturated rings. The molecule has 0 aromatic heterocycles. The van der Waals surface area contributed by atoms with Crippen LogP contribution >= 0.6 is 0 Å². The number of hydrogen-bond acceptors (Lipinski definition) is 0. The number of hydrogen-bond donors (Lipinski definition) is 0. The summed E-state index contributed by atoms with van der Waals surface area (Å²) >= 11 is 0. The average Bonchev–Trinajstić information content (AvgIpc) is 2.67. The first-order chi connectivity index (χ1) is 11.8. The number of rotatable bonds is 6. The molecule has 0 atom stereocenters. The smallest absolute Gasteiger partial charge is 0.0108 e. The Balaban J connectivity index is 2.13. The van der Waals surface area contributed by atoms with Crippen LogP contribution in [0, 0.1) is 6.07 Å². The Kier molecular flexibility index (Phi) is 6.12. The zero-order valence-corrected chi connectivity index (χ0v) is 15.4. The predicted octanol–water partition coefficient (Wildman–Crippen LogP) is 7.11. The molecule has 0 nitrogen and oxygen atoms in total. The van der Waals surface area contributed by atoms with Gasteiger partial charge < -0.3 is 0 Å². The van der Waals surface area contributed by atoms with Crippen molar-refractivity contribution in [3.05, 3.63) is 59.2 Å². The van der Waals surface area contributed by atoms with Gasteiger partial charge in [0.25, 0.3) is 0 Å². The van der Waals surface area contributed by atoms with Crippen molar-refractivity contribution in [2.24, 2.45) is 0 Å². The Morgan fingerprint density at radius 1 is 1.00 bits per heavy atom. The van der Waals surface area contributed by atoms with Crippen molar-refractivity contribution < 1.29 is 0 Å². The zero-order valence-electron chi connectivity index (χ0n) is 15.4. The summed E-state index contributed by atoms with van der Waals surface area (Å²) in [4.78, 5) is 0. The predicted molar refractivity (Wildman–Crippen MR) is 105 cm³/mol. The van der Waals surface area contributed by atoms with E-state index in [9.17, 15) is 0 Å². The van der Waals surface area contributed by atoms with Crippen LogP contribution in [0.2, 0.25) is 0 Å². The molecular weight excluding hydrogens is 288 g/mol. The minimum atomic E-state index is 0.709. The van der Waals surface area contributed by atoms with Gasteiger partial charge in [-0.1, -0.05) is 75.9 Å². The van der Waals surface area contributed by atoms with E-state index in [-0.39, 0.29) is 0 Å². The van der Waals surface area contributed by atoms with E-state index in [1.165, 1.54) is 73.6 Å². The molecule has 0 spiro atoms. The normalized spacial score (nSPS) is 15.6. The molecule has 1 radical (unpaired) electrons. The molecule has 0 aliphatic heterocycles. The van der Waals surface area contributed by atoms with Crippen LogP contribution in [-0.4, -0.2) is 0 Å². The topological polar surface area (TPSA) is 0 Å². The van der Waals surface area contributed by atoms with E-state index < -0.39 is 0 Å². The van der Waals surface area contributed by atoms with Gasteiger partial charge in [0.05, 0.1) is 0 Å². The second kappa shape index (κ2) is 8.51. The Morgan fingerprint density at radius 2 is 1.75 bits per heavy atom. The molecule has 2 aromatic rings. The van der Waals surface area contributed by atoms with Gasteiger partial charge in [-0.15, -0.1) is 0 Å². The van der Waals surface area contributed by atoms with Crippen molar-refractivity contribution in [2.75, 3.05) is 0 Å². The van der Waals surface area contributed by atoms with Crippen LogP contribution in [-0.2, 0) is 12.8 Å². The van der Waals surface area contributed by atoms with E-state index in [4.69, 9.17) is 0 Å². The van der Waals surface area contributed by atoms with Crippen LogP contribution in [0.5, 0.6) is 0 Å². The summed E-state index contributed by atoms with van der Waals surface area (Å²) in [6, 6.07) is 17.1. The highest BCUT2D eigenvalue weighted by atomic mass is 14.3. The van der Waals surface area contributed by atoms with E-state index in [0.717, 1.165) is 6.42 Å². The molecule has 0 N–H and O–H groups in total. The van der Waals surface area contributed by atoms with Crippen LogP contribution in [0.4, 0.5) is 0 Å². The molecule has 0 unspecified atom stereocenters. The first kappa shape index (κ1) is 17.3. The molecule has 0 saturated heterocycles. The van der Waals surface area contributed by atoms with Gasteiger partial charge in [-0.3, -0.25) is 0 Å². The SMILES string of the molecule is CCCCc1c(CC)c[c]c(C2CCCCC2)c1-c1ccccc1. The largest absolute Gasteiger partial charge is 0.0654 e. The van der Waals surface area contributed by atoms with E-state index in [1.807, 2.05) is 0 Å². The summed E-state index contributed by atoms with van der Waals surface area (Å²) < 4.78 is 0. The van der Waals surface area contributed by atoms with E-state index in [2.05, 4.69) is 56.3 Å². The summed E-state index contributed by atoms with van der Waals surface area (Å²) in [5, 5.41) is 0. The molecule has 2 aromatic carbocycles. The summed E-state index contributed by atoms with van der Waals surface area (Å²) in [6.45, 7) is 4.58. The summed E-state index contributed by atoms with van der Waals surface area (Å²) in [7, 11) is 0. The second-order valence-corrected chi connectivity index (χ2v) is 7.24. The number of unbranched alkanes of at least 4 members (excludes halogenated alkanes) is 1. The highest BCUT2D eigenvalue weighted by Gasteiger charge is 2.22. The van der Waals surface area contributed by atoms with Crippen molar-refractivity contribution in [2.45, 2.75) is 77.6 Å². The van der Waals surface area contributed by atoms with Gasteiger partial charge in [-0.25, -0.2) is 0 Å². The Hall–Kier alpha value is -1.56. The van der Waals surface area contributed by atoms with Gasteiger partial charge in [-0.2, -0.15) is 0 Å². The summed E-state index contributed by atoms with van der Waals surface area (Å²) in [5.41, 5.74) is 7.53. The van der Waals surface area contributed by atoms with Crippen LogP contribution < -0.4 is 0 Å². The van der Waals surface area contributed by atoms with Crippen LogP contribution in [0.3, 0.4) is 0 Å². The third kappa shape index (κ3) is 3.74. The second-order valence-electron chi connectivity index (χ2n) is 7.24. The number of aryl methyl sites for hydroxylation is 1. The first-order valence-electron chi connectivity index (χ1n) is 9.96. The maximum Gasteiger partial charge on any atom is -0.0108 e. The Morgan fingerprint density at radius 3 is 2.42 bits per heavy atom. The Bertz CT molecular complexity index is 633. The lowest BCUT2D eigenvalue weighted by Gasteiger charge is -2.27. The van der Waals surface area contributed by atoms with Gasteiger partial charge in [0.2, 0.25) is 0 Å². The molecular formula is C24H31. The van der Waals surface area contributed by atoms with Crippen LogP contribution in [0.1, 0.15) is 81.4 Å². The standard InChI is InChI=1S/C24H31/c1-3-5-16-22-19(4-2)17-18-23(20-12-8-6-9-13-20)24(22)21-14-10-7-11-15-21/h7,10-11,14-15,17,20H,3-6,8-9,12-13,16H2,1-2H3. The Labute approximate surface area is 148 Å². The molecule has 0 amide bonds. The highest BCUT2D eigenvalue weighted by Crippen LogP contribution is 2.41. The quantitative estimate of drug-likeness (QED) is 0.532. The van der Waals surface area contributed by atoms with Crippen LogP contribution in [0.15, 0.2) is 36.4 Å². The minimum Gasteiger partial charge on any atom is -0.0654 e. The maximum atomic E-state index is 3.74. The van der Waals surface area contributed by atoms with Crippen molar-refractivity contribution in [3.63, 3.8) is 0 Å². The molecule has 3 rings (SSSR count). The van der Waals surface area contributed by atoms with Gasteiger partial charge in [0, 0.05) is 0 Å².